The minimum atomic E-state index is -0.578. The van der Waals surface area contributed by atoms with Crippen molar-refractivity contribution in [1.82, 2.24) is 9.55 Å². The lowest BCUT2D eigenvalue weighted by atomic mass is 10.1. The SMILES string of the molecule is COc1c(N2CCC(C)C2)c(F)cc2c(=O)[nH]c(=O)n(C3CC3)c12. The van der Waals surface area contributed by atoms with E-state index in [1.54, 1.807) is 4.57 Å². The summed E-state index contributed by atoms with van der Waals surface area (Å²) >= 11 is 0. The van der Waals surface area contributed by atoms with E-state index >= 15 is 0 Å². The van der Waals surface area contributed by atoms with E-state index in [1.807, 2.05) is 4.90 Å². The first-order valence-corrected chi connectivity index (χ1v) is 8.31. The molecule has 2 heterocycles. The Kier molecular flexibility index (Phi) is 3.40. The van der Waals surface area contributed by atoms with Crippen LogP contribution in [0.5, 0.6) is 5.75 Å². The fraction of sp³-hybridized carbons (Fsp3) is 0.529. The molecule has 2 fully saturated rings. The van der Waals surface area contributed by atoms with Gasteiger partial charge in [0.25, 0.3) is 5.56 Å². The maximum atomic E-state index is 14.8. The fourth-order valence-electron chi connectivity index (χ4n) is 3.65. The average molecular weight is 333 g/mol. The van der Waals surface area contributed by atoms with Gasteiger partial charge in [-0.1, -0.05) is 6.92 Å². The molecule has 2 aliphatic rings. The minimum Gasteiger partial charge on any atom is -0.492 e. The topological polar surface area (TPSA) is 67.3 Å². The molecule has 4 rings (SSSR count). The van der Waals surface area contributed by atoms with Crippen LogP contribution >= 0.6 is 0 Å². The molecule has 0 bridgehead atoms. The molecule has 1 saturated heterocycles. The van der Waals surface area contributed by atoms with Crippen molar-refractivity contribution in [3.8, 4) is 5.75 Å². The number of rotatable bonds is 3. The van der Waals surface area contributed by atoms with Gasteiger partial charge >= 0.3 is 5.69 Å². The lowest BCUT2D eigenvalue weighted by molar-refractivity contribution is 0.413. The predicted octanol–water partition coefficient (Wildman–Crippen LogP) is 2.02. The van der Waals surface area contributed by atoms with E-state index in [1.165, 1.54) is 13.2 Å². The van der Waals surface area contributed by atoms with Crippen LogP contribution in [0.25, 0.3) is 10.9 Å². The lowest BCUT2D eigenvalue weighted by Crippen LogP contribution is -2.31. The van der Waals surface area contributed by atoms with Crippen molar-refractivity contribution in [2.24, 2.45) is 5.92 Å². The molecule has 24 heavy (non-hydrogen) atoms. The zero-order valence-corrected chi connectivity index (χ0v) is 13.8. The Morgan fingerprint density at radius 1 is 1.29 bits per heavy atom. The van der Waals surface area contributed by atoms with E-state index < -0.39 is 17.1 Å². The molecule has 2 aromatic rings. The van der Waals surface area contributed by atoms with E-state index in [4.69, 9.17) is 4.74 Å². The molecule has 1 aliphatic heterocycles. The van der Waals surface area contributed by atoms with Crippen LogP contribution in [0.3, 0.4) is 0 Å². The van der Waals surface area contributed by atoms with Crippen LogP contribution in [0.2, 0.25) is 0 Å². The highest BCUT2D eigenvalue weighted by molar-refractivity contribution is 5.91. The number of aromatic nitrogens is 2. The number of benzene rings is 1. The van der Waals surface area contributed by atoms with Crippen LogP contribution in [0.4, 0.5) is 10.1 Å². The number of hydrogen-bond donors (Lipinski definition) is 1. The molecule has 0 radical (unpaired) electrons. The maximum absolute atomic E-state index is 14.8. The zero-order chi connectivity index (χ0) is 17.0. The van der Waals surface area contributed by atoms with Gasteiger partial charge in [-0.05, 0) is 31.2 Å². The Balaban J connectivity index is 2.07. The second kappa shape index (κ2) is 5.36. The summed E-state index contributed by atoms with van der Waals surface area (Å²) < 4.78 is 21.9. The average Bonchev–Trinajstić information content (AvgIpc) is 3.28. The molecule has 1 unspecified atom stereocenters. The van der Waals surface area contributed by atoms with Gasteiger partial charge in [0.15, 0.2) is 11.6 Å². The number of ether oxygens (including phenoxy) is 1. The van der Waals surface area contributed by atoms with Crippen LogP contribution in [-0.2, 0) is 0 Å². The highest BCUT2D eigenvalue weighted by atomic mass is 19.1. The Labute approximate surface area is 137 Å². The van der Waals surface area contributed by atoms with Crippen LogP contribution in [0.15, 0.2) is 15.7 Å². The molecule has 1 N–H and O–H groups in total. The van der Waals surface area contributed by atoms with E-state index in [2.05, 4.69) is 11.9 Å². The zero-order valence-electron chi connectivity index (χ0n) is 13.8. The minimum absolute atomic E-state index is 0.0431. The van der Waals surface area contributed by atoms with Gasteiger partial charge in [-0.15, -0.1) is 0 Å². The quantitative estimate of drug-likeness (QED) is 0.933. The molecule has 7 heteroatoms. The monoisotopic (exact) mass is 333 g/mol. The van der Waals surface area contributed by atoms with Crippen molar-refractivity contribution >= 4 is 16.6 Å². The predicted molar refractivity (Wildman–Crippen MR) is 89.6 cm³/mol. The highest BCUT2D eigenvalue weighted by Crippen LogP contribution is 2.43. The van der Waals surface area contributed by atoms with Gasteiger partial charge in [-0.25, -0.2) is 9.18 Å². The van der Waals surface area contributed by atoms with E-state index in [0.29, 0.717) is 17.1 Å². The fourth-order valence-corrected chi connectivity index (χ4v) is 3.65. The lowest BCUT2D eigenvalue weighted by Gasteiger charge is -2.24. The molecule has 1 saturated carbocycles. The summed E-state index contributed by atoms with van der Waals surface area (Å²) in [5, 5.41) is 0.159. The first kappa shape index (κ1) is 15.2. The van der Waals surface area contributed by atoms with Crippen molar-refractivity contribution < 1.29 is 9.13 Å². The third-order valence-electron chi connectivity index (χ3n) is 4.96. The Morgan fingerprint density at radius 2 is 2.04 bits per heavy atom. The van der Waals surface area contributed by atoms with Crippen molar-refractivity contribution in [2.75, 3.05) is 25.1 Å². The smallest absolute Gasteiger partial charge is 0.329 e. The number of hydrogen-bond acceptors (Lipinski definition) is 4. The molecule has 128 valence electrons. The summed E-state index contributed by atoms with van der Waals surface area (Å²) in [7, 11) is 1.46. The summed E-state index contributed by atoms with van der Waals surface area (Å²) in [5.41, 5.74) is -0.274. The van der Waals surface area contributed by atoms with Crippen LogP contribution in [-0.4, -0.2) is 29.8 Å². The van der Waals surface area contributed by atoms with Gasteiger partial charge in [0.1, 0.15) is 11.2 Å². The van der Waals surface area contributed by atoms with E-state index in [-0.39, 0.29) is 17.2 Å². The first-order valence-electron chi connectivity index (χ1n) is 8.31. The summed E-state index contributed by atoms with van der Waals surface area (Å²) in [6, 6.07) is 1.27. The third kappa shape index (κ3) is 2.22. The molecule has 1 aromatic heterocycles. The van der Waals surface area contributed by atoms with E-state index in [9.17, 15) is 14.0 Å². The number of nitrogens with zero attached hydrogens (tertiary/aromatic N) is 2. The molecular weight excluding hydrogens is 313 g/mol. The number of nitrogens with one attached hydrogen (secondary N) is 1. The number of aromatic amines is 1. The molecule has 1 aromatic carbocycles. The summed E-state index contributed by atoms with van der Waals surface area (Å²) in [6.45, 7) is 3.59. The molecule has 6 nitrogen and oxygen atoms in total. The first-order chi connectivity index (χ1) is 11.5. The number of halogens is 1. The normalized spacial score (nSPS) is 20.8. The second-order valence-corrected chi connectivity index (χ2v) is 6.84. The molecular formula is C17H20FN3O3. The second-order valence-electron chi connectivity index (χ2n) is 6.84. The Hall–Kier alpha value is -2.31. The highest BCUT2D eigenvalue weighted by Gasteiger charge is 2.32. The van der Waals surface area contributed by atoms with Crippen molar-refractivity contribution in [2.45, 2.75) is 32.2 Å². The van der Waals surface area contributed by atoms with Gasteiger partial charge < -0.3 is 9.64 Å². The molecule has 1 aliphatic carbocycles. The summed E-state index contributed by atoms with van der Waals surface area (Å²) in [6.07, 6.45) is 2.72. The van der Waals surface area contributed by atoms with Gasteiger partial charge in [-0.3, -0.25) is 14.3 Å². The van der Waals surface area contributed by atoms with Crippen LogP contribution in [0.1, 0.15) is 32.2 Å². The summed E-state index contributed by atoms with van der Waals surface area (Å²) in [5.74, 6) is 0.267. The van der Waals surface area contributed by atoms with Crippen molar-refractivity contribution in [1.29, 1.82) is 0 Å². The number of anilines is 1. The largest absolute Gasteiger partial charge is 0.492 e. The molecule has 1 atom stereocenters. The van der Waals surface area contributed by atoms with Gasteiger partial charge in [0, 0.05) is 19.1 Å². The standard InChI is InChI=1S/C17H20FN3O3/c1-9-5-6-20(8-9)14-12(18)7-11-13(15(14)24-2)21(10-3-4-10)17(23)19-16(11)22/h7,9-10H,3-6,8H2,1-2H3,(H,19,22,23). The van der Waals surface area contributed by atoms with Crippen molar-refractivity contribution in [3.05, 3.63) is 32.7 Å². The Morgan fingerprint density at radius 3 is 2.62 bits per heavy atom. The molecule has 0 spiro atoms. The Bertz CT molecular complexity index is 929. The van der Waals surface area contributed by atoms with E-state index in [0.717, 1.165) is 32.4 Å². The van der Waals surface area contributed by atoms with Gasteiger partial charge in [0.2, 0.25) is 0 Å². The maximum Gasteiger partial charge on any atom is 0.329 e. The van der Waals surface area contributed by atoms with Crippen LogP contribution in [0, 0.1) is 11.7 Å². The van der Waals surface area contributed by atoms with Gasteiger partial charge in [-0.2, -0.15) is 0 Å². The third-order valence-corrected chi connectivity index (χ3v) is 4.96. The number of H-pyrrole nitrogens is 1. The number of fused-ring (bicyclic) bond motifs is 1. The molecule has 0 amide bonds. The number of methoxy groups -OCH3 is 1. The van der Waals surface area contributed by atoms with Gasteiger partial charge in [0.05, 0.1) is 12.5 Å². The van der Waals surface area contributed by atoms with Crippen molar-refractivity contribution in [3.63, 3.8) is 0 Å². The van der Waals surface area contributed by atoms with Crippen LogP contribution < -0.4 is 20.9 Å². The summed E-state index contributed by atoms with van der Waals surface area (Å²) in [4.78, 5) is 28.8.